The van der Waals surface area contributed by atoms with Gasteiger partial charge in [-0.25, -0.2) is 0 Å². The highest BCUT2D eigenvalue weighted by Crippen LogP contribution is 2.31. The van der Waals surface area contributed by atoms with Crippen molar-refractivity contribution in [2.45, 2.75) is 32.0 Å². The maximum atomic E-state index is 11.9. The summed E-state index contributed by atoms with van der Waals surface area (Å²) >= 11 is 0. The third-order valence-corrected chi connectivity index (χ3v) is 5.88. The Hall–Kier alpha value is -3.91. The van der Waals surface area contributed by atoms with E-state index >= 15 is 0 Å². The number of aromatic nitrogens is 2. The highest BCUT2D eigenvalue weighted by Gasteiger charge is 2.25. The smallest absolute Gasteiger partial charge is 0.299 e. The number of rotatable bonds is 7. The molecule has 0 saturated carbocycles. The molecule has 8 heteroatoms. The van der Waals surface area contributed by atoms with Crippen molar-refractivity contribution in [1.29, 1.82) is 0 Å². The molecule has 174 valence electrons. The van der Waals surface area contributed by atoms with Crippen LogP contribution in [-0.4, -0.2) is 35.6 Å². The molecular weight excluding hydrogens is 430 g/mol. The minimum atomic E-state index is -0.268. The monoisotopic (exact) mass is 457 g/mol. The summed E-state index contributed by atoms with van der Waals surface area (Å²) < 4.78 is 12.2. The van der Waals surface area contributed by atoms with Crippen LogP contribution in [0.3, 0.4) is 0 Å². The lowest BCUT2D eigenvalue weighted by atomic mass is 10.1. The second kappa shape index (κ2) is 9.93. The number of carbonyl (C=O) groups is 1. The summed E-state index contributed by atoms with van der Waals surface area (Å²) in [6.45, 7) is 1.69. The Balaban J connectivity index is 1.41. The molecule has 1 aliphatic rings. The molecule has 2 aromatic heterocycles. The Labute approximate surface area is 198 Å². The minimum Gasteiger partial charge on any atom is -0.457 e. The van der Waals surface area contributed by atoms with Crippen LogP contribution in [0.2, 0.25) is 0 Å². The van der Waals surface area contributed by atoms with Crippen molar-refractivity contribution in [3.8, 4) is 11.5 Å². The quantitative estimate of drug-likeness (QED) is 0.423. The number of pyridine rings is 1. The van der Waals surface area contributed by atoms with Crippen LogP contribution in [0.1, 0.15) is 35.3 Å². The molecule has 3 heterocycles. The first-order chi connectivity index (χ1) is 16.7. The number of hydrogen-bond acceptors (Lipinski definition) is 7. The Morgan fingerprint density at radius 3 is 2.79 bits per heavy atom. The summed E-state index contributed by atoms with van der Waals surface area (Å²) in [6.07, 6.45) is 5.10. The molecule has 1 fully saturated rings. The molecule has 0 bridgehead atoms. The molecule has 2 aromatic carbocycles. The van der Waals surface area contributed by atoms with Gasteiger partial charge in [0.05, 0.1) is 6.17 Å². The van der Waals surface area contributed by atoms with Crippen LogP contribution in [0.25, 0.3) is 11.1 Å². The summed E-state index contributed by atoms with van der Waals surface area (Å²) in [7, 11) is 1.57. The van der Waals surface area contributed by atoms with Gasteiger partial charge in [0, 0.05) is 31.9 Å². The Bertz CT molecular complexity index is 1270. The van der Waals surface area contributed by atoms with E-state index in [4.69, 9.17) is 14.1 Å². The van der Waals surface area contributed by atoms with Crippen molar-refractivity contribution >= 4 is 23.0 Å². The van der Waals surface area contributed by atoms with Gasteiger partial charge < -0.3 is 19.4 Å². The van der Waals surface area contributed by atoms with E-state index < -0.39 is 0 Å². The molecule has 1 aliphatic heterocycles. The molecule has 1 saturated heterocycles. The maximum Gasteiger partial charge on any atom is 0.299 e. The summed E-state index contributed by atoms with van der Waals surface area (Å²) in [4.78, 5) is 22.9. The lowest BCUT2D eigenvalue weighted by Gasteiger charge is -2.34. The van der Waals surface area contributed by atoms with Crippen molar-refractivity contribution in [2.24, 2.45) is 0 Å². The lowest BCUT2D eigenvalue weighted by molar-refractivity contribution is 0.0958. The van der Waals surface area contributed by atoms with Crippen molar-refractivity contribution in [2.75, 3.05) is 18.5 Å². The molecule has 34 heavy (non-hydrogen) atoms. The molecule has 8 nitrogen and oxygen atoms in total. The molecule has 5 rings (SSSR count). The van der Waals surface area contributed by atoms with Crippen LogP contribution < -0.4 is 20.3 Å². The van der Waals surface area contributed by atoms with Gasteiger partial charge in [-0.2, -0.15) is 4.98 Å². The van der Waals surface area contributed by atoms with E-state index in [1.807, 2.05) is 36.4 Å². The highest BCUT2D eigenvalue weighted by atomic mass is 16.5. The van der Waals surface area contributed by atoms with E-state index in [-0.39, 0.29) is 12.1 Å². The number of nitrogens with zero attached hydrogens (tertiary/aromatic N) is 3. The van der Waals surface area contributed by atoms with Crippen molar-refractivity contribution in [3.05, 3.63) is 78.1 Å². The second-order valence-corrected chi connectivity index (χ2v) is 8.26. The molecule has 0 spiro atoms. The van der Waals surface area contributed by atoms with Gasteiger partial charge >= 0.3 is 0 Å². The van der Waals surface area contributed by atoms with Crippen LogP contribution in [0.5, 0.6) is 11.5 Å². The number of fused-ring (bicyclic) bond motifs is 1. The number of ether oxygens (including phenoxy) is 1. The van der Waals surface area contributed by atoms with Crippen LogP contribution >= 0.6 is 0 Å². The van der Waals surface area contributed by atoms with Gasteiger partial charge in [-0.15, -0.1) is 0 Å². The summed E-state index contributed by atoms with van der Waals surface area (Å²) in [5, 5.41) is 6.17. The molecule has 1 unspecified atom stereocenters. The Morgan fingerprint density at radius 1 is 1.15 bits per heavy atom. The minimum absolute atomic E-state index is 0.165. The fraction of sp³-hybridized carbons (Fsp3) is 0.269. The average Bonchev–Trinajstić information content (AvgIpc) is 3.31. The van der Waals surface area contributed by atoms with Crippen molar-refractivity contribution in [1.82, 2.24) is 20.6 Å². The second-order valence-electron chi connectivity index (χ2n) is 8.26. The fourth-order valence-electron chi connectivity index (χ4n) is 4.13. The largest absolute Gasteiger partial charge is 0.457 e. The predicted octanol–water partition coefficient (Wildman–Crippen LogP) is 4.48. The standard InChI is InChI=1S/C26H27N5O3/c1-27-25(32)22-15-20(12-14-28-22)33-19-10-11-21-23(16-19)34-26(30-21)31(24-9-5-6-13-29-24)17-18-7-3-2-4-8-18/h2-4,7-8,10-12,14-16,24,29H,5-6,9,13,17H2,1H3,(H,27,32). The first-order valence-electron chi connectivity index (χ1n) is 11.5. The lowest BCUT2D eigenvalue weighted by Crippen LogP contribution is -2.48. The molecule has 0 radical (unpaired) electrons. The van der Waals surface area contributed by atoms with Gasteiger partial charge in [-0.3, -0.25) is 15.1 Å². The average molecular weight is 458 g/mol. The zero-order chi connectivity index (χ0) is 23.3. The highest BCUT2D eigenvalue weighted by molar-refractivity contribution is 5.92. The van der Waals surface area contributed by atoms with Gasteiger partial charge in [0.2, 0.25) is 0 Å². The number of piperidine rings is 1. The fourth-order valence-corrected chi connectivity index (χ4v) is 4.13. The SMILES string of the molecule is CNC(=O)c1cc(Oc2ccc3nc(N(Cc4ccccc4)C4CCCCN4)oc3c2)ccn1. The number of nitrogens with one attached hydrogen (secondary N) is 2. The number of amides is 1. The van der Waals surface area contributed by atoms with Gasteiger partial charge in [0.25, 0.3) is 11.9 Å². The Morgan fingerprint density at radius 2 is 2.00 bits per heavy atom. The third kappa shape index (κ3) is 4.87. The Kier molecular flexibility index (Phi) is 6.40. The number of hydrogen-bond donors (Lipinski definition) is 2. The third-order valence-electron chi connectivity index (χ3n) is 5.88. The molecule has 1 atom stereocenters. The van der Waals surface area contributed by atoms with Crippen LogP contribution in [0.4, 0.5) is 6.01 Å². The molecule has 4 aromatic rings. The van der Waals surface area contributed by atoms with Crippen LogP contribution in [0, 0.1) is 0 Å². The van der Waals surface area contributed by atoms with E-state index in [0.717, 1.165) is 18.5 Å². The number of anilines is 1. The maximum absolute atomic E-state index is 11.9. The zero-order valence-electron chi connectivity index (χ0n) is 19.0. The van der Waals surface area contributed by atoms with E-state index in [0.29, 0.717) is 35.3 Å². The summed E-state index contributed by atoms with van der Waals surface area (Å²) in [5.41, 5.74) is 2.89. The first-order valence-corrected chi connectivity index (χ1v) is 11.5. The van der Waals surface area contributed by atoms with Crippen molar-refractivity contribution < 1.29 is 13.9 Å². The van der Waals surface area contributed by atoms with Gasteiger partial charge in [-0.1, -0.05) is 30.3 Å². The molecule has 2 N–H and O–H groups in total. The molecular formula is C26H27N5O3. The normalized spacial score (nSPS) is 15.7. The zero-order valence-corrected chi connectivity index (χ0v) is 19.0. The summed E-state index contributed by atoms with van der Waals surface area (Å²) in [6, 6.07) is 19.8. The van der Waals surface area contributed by atoms with Gasteiger partial charge in [0.1, 0.15) is 22.7 Å². The van der Waals surface area contributed by atoms with E-state index in [2.05, 4.69) is 32.7 Å². The number of benzene rings is 2. The summed E-state index contributed by atoms with van der Waals surface area (Å²) in [5.74, 6) is 0.843. The first kappa shape index (κ1) is 21.9. The van der Waals surface area contributed by atoms with E-state index in [1.54, 1.807) is 25.4 Å². The molecule has 1 amide bonds. The van der Waals surface area contributed by atoms with Crippen LogP contribution in [0.15, 0.2) is 71.3 Å². The predicted molar refractivity (Wildman–Crippen MR) is 130 cm³/mol. The van der Waals surface area contributed by atoms with Crippen LogP contribution in [-0.2, 0) is 6.54 Å². The van der Waals surface area contributed by atoms with E-state index in [9.17, 15) is 4.79 Å². The molecule has 0 aliphatic carbocycles. The van der Waals surface area contributed by atoms with E-state index in [1.165, 1.54) is 18.4 Å². The van der Waals surface area contributed by atoms with Gasteiger partial charge in [0.15, 0.2) is 5.58 Å². The number of carbonyl (C=O) groups excluding carboxylic acids is 1. The topological polar surface area (TPSA) is 92.5 Å². The van der Waals surface area contributed by atoms with Gasteiger partial charge in [-0.05, 0) is 49.6 Å². The van der Waals surface area contributed by atoms with Crippen molar-refractivity contribution in [3.63, 3.8) is 0 Å². The number of oxazole rings is 1.